The fourth-order valence-corrected chi connectivity index (χ4v) is 5.61. The van der Waals surface area contributed by atoms with Crippen molar-refractivity contribution in [1.82, 2.24) is 9.62 Å². The zero-order valence-corrected chi connectivity index (χ0v) is 20.6. The first kappa shape index (κ1) is 24.9. The van der Waals surface area contributed by atoms with Gasteiger partial charge in [-0.3, -0.25) is 4.79 Å². The van der Waals surface area contributed by atoms with Crippen LogP contribution in [0.1, 0.15) is 36.9 Å². The molecule has 0 bridgehead atoms. The summed E-state index contributed by atoms with van der Waals surface area (Å²) in [5.74, 6) is 1.56. The molecule has 1 aliphatic heterocycles. The van der Waals surface area contributed by atoms with Crippen LogP contribution in [0.25, 0.3) is 0 Å². The average Bonchev–Trinajstić information content (AvgIpc) is 2.83. The van der Waals surface area contributed by atoms with Gasteiger partial charge >= 0.3 is 0 Å². The first-order chi connectivity index (χ1) is 15.7. The molecular weight excluding hydrogens is 444 g/mol. The van der Waals surface area contributed by atoms with Gasteiger partial charge in [-0.2, -0.15) is 4.31 Å². The monoisotopic (exact) mass is 476 g/mol. The molecule has 1 atom stereocenters. The Morgan fingerprint density at radius 2 is 1.58 bits per heavy atom. The molecule has 1 unspecified atom stereocenters. The SMILES string of the molecule is COc1ccc(S(=O)(=O)N2CCC(C(=O)NC(C)c3ccc(OC)c(OC)c3)CC2)cc1C. The third-order valence-corrected chi connectivity index (χ3v) is 7.99. The number of hydrogen-bond acceptors (Lipinski definition) is 6. The maximum Gasteiger partial charge on any atom is 0.243 e. The Kier molecular flexibility index (Phi) is 7.86. The summed E-state index contributed by atoms with van der Waals surface area (Å²) < 4.78 is 43.4. The van der Waals surface area contributed by atoms with Gasteiger partial charge < -0.3 is 19.5 Å². The molecule has 0 aromatic heterocycles. The fraction of sp³-hybridized carbons (Fsp3) is 0.458. The molecule has 1 heterocycles. The van der Waals surface area contributed by atoms with Gasteiger partial charge in [0.25, 0.3) is 0 Å². The number of nitrogens with zero attached hydrogens (tertiary/aromatic N) is 1. The number of hydrogen-bond donors (Lipinski definition) is 1. The Bertz CT molecular complexity index is 1090. The molecule has 33 heavy (non-hydrogen) atoms. The van der Waals surface area contributed by atoms with Crippen LogP contribution in [0, 0.1) is 12.8 Å². The number of methoxy groups -OCH3 is 3. The van der Waals surface area contributed by atoms with E-state index in [1.54, 1.807) is 45.6 Å². The highest BCUT2D eigenvalue weighted by molar-refractivity contribution is 7.89. The van der Waals surface area contributed by atoms with Gasteiger partial charge in [0.05, 0.1) is 32.3 Å². The zero-order chi connectivity index (χ0) is 24.2. The van der Waals surface area contributed by atoms with Crippen molar-refractivity contribution in [2.45, 2.75) is 37.6 Å². The van der Waals surface area contributed by atoms with E-state index in [9.17, 15) is 13.2 Å². The molecule has 1 saturated heterocycles. The van der Waals surface area contributed by atoms with E-state index in [-0.39, 0.29) is 22.8 Å². The van der Waals surface area contributed by atoms with Crippen molar-refractivity contribution < 1.29 is 27.4 Å². The van der Waals surface area contributed by atoms with Gasteiger partial charge in [0.15, 0.2) is 11.5 Å². The van der Waals surface area contributed by atoms with Gasteiger partial charge in [0.2, 0.25) is 15.9 Å². The molecule has 0 aliphatic carbocycles. The van der Waals surface area contributed by atoms with Crippen molar-refractivity contribution in [3.63, 3.8) is 0 Å². The lowest BCUT2D eigenvalue weighted by Crippen LogP contribution is -2.43. The van der Waals surface area contributed by atoms with Crippen LogP contribution in [0.3, 0.4) is 0 Å². The maximum absolute atomic E-state index is 13.1. The number of rotatable bonds is 8. The Balaban J connectivity index is 1.61. The van der Waals surface area contributed by atoms with Gasteiger partial charge in [-0.15, -0.1) is 0 Å². The quantitative estimate of drug-likeness (QED) is 0.628. The number of benzene rings is 2. The molecule has 3 rings (SSSR count). The molecule has 2 aromatic carbocycles. The maximum atomic E-state index is 13.1. The van der Waals surface area contributed by atoms with E-state index in [0.717, 1.165) is 11.1 Å². The van der Waals surface area contributed by atoms with Crippen molar-refractivity contribution in [2.75, 3.05) is 34.4 Å². The minimum atomic E-state index is -3.62. The Labute approximate surface area is 195 Å². The minimum absolute atomic E-state index is 0.0744. The first-order valence-electron chi connectivity index (χ1n) is 10.9. The number of nitrogens with one attached hydrogen (secondary N) is 1. The van der Waals surface area contributed by atoms with Crippen LogP contribution in [0.2, 0.25) is 0 Å². The summed E-state index contributed by atoms with van der Waals surface area (Å²) >= 11 is 0. The van der Waals surface area contributed by atoms with Crippen molar-refractivity contribution in [3.05, 3.63) is 47.5 Å². The van der Waals surface area contributed by atoms with Crippen LogP contribution in [0.4, 0.5) is 0 Å². The summed E-state index contributed by atoms with van der Waals surface area (Å²) in [5.41, 5.74) is 1.66. The third-order valence-electron chi connectivity index (χ3n) is 6.10. The minimum Gasteiger partial charge on any atom is -0.496 e. The van der Waals surface area contributed by atoms with E-state index in [2.05, 4.69) is 5.32 Å². The molecule has 8 nitrogen and oxygen atoms in total. The number of aryl methyl sites for hydroxylation is 1. The lowest BCUT2D eigenvalue weighted by molar-refractivity contribution is -0.126. The summed E-state index contributed by atoms with van der Waals surface area (Å²) in [6.07, 6.45) is 0.942. The largest absolute Gasteiger partial charge is 0.496 e. The van der Waals surface area contributed by atoms with E-state index in [4.69, 9.17) is 14.2 Å². The summed E-state index contributed by atoms with van der Waals surface area (Å²) in [5, 5.41) is 3.04. The van der Waals surface area contributed by atoms with E-state index in [1.165, 1.54) is 4.31 Å². The highest BCUT2D eigenvalue weighted by atomic mass is 32.2. The molecule has 1 amide bonds. The van der Waals surface area contributed by atoms with Crippen LogP contribution in [0.5, 0.6) is 17.2 Å². The number of carbonyl (C=O) groups is 1. The molecule has 0 spiro atoms. The summed E-state index contributed by atoms with van der Waals surface area (Å²) in [4.78, 5) is 13.1. The Morgan fingerprint density at radius 3 is 2.15 bits per heavy atom. The molecule has 1 fully saturated rings. The second-order valence-electron chi connectivity index (χ2n) is 8.15. The molecule has 0 radical (unpaired) electrons. The Hall–Kier alpha value is -2.78. The van der Waals surface area contributed by atoms with Crippen molar-refractivity contribution in [1.29, 1.82) is 0 Å². The number of ether oxygens (including phenoxy) is 3. The molecular formula is C24H32N2O6S. The molecule has 2 aromatic rings. The van der Waals surface area contributed by atoms with Gasteiger partial charge in [0, 0.05) is 19.0 Å². The standard InChI is InChI=1S/C24H32N2O6S/c1-16-14-20(7-9-21(16)30-3)33(28,29)26-12-10-18(11-13-26)24(27)25-17(2)19-6-8-22(31-4)23(15-19)32-5/h6-9,14-15,17-18H,10-13H2,1-5H3,(H,25,27). The van der Waals surface area contributed by atoms with Crippen molar-refractivity contribution in [2.24, 2.45) is 5.92 Å². The summed E-state index contributed by atoms with van der Waals surface area (Å²) in [6, 6.07) is 10.2. The highest BCUT2D eigenvalue weighted by Gasteiger charge is 2.32. The van der Waals surface area contributed by atoms with Crippen LogP contribution in [-0.4, -0.2) is 53.0 Å². The van der Waals surface area contributed by atoms with Gasteiger partial charge in [-0.1, -0.05) is 6.07 Å². The molecule has 1 N–H and O–H groups in total. The van der Waals surface area contributed by atoms with Gasteiger partial charge in [-0.05, 0) is 68.1 Å². The normalized spacial score (nSPS) is 16.2. The second-order valence-corrected chi connectivity index (χ2v) is 10.1. The van der Waals surface area contributed by atoms with E-state index < -0.39 is 10.0 Å². The summed E-state index contributed by atoms with van der Waals surface area (Å²) in [7, 11) is 1.08. The average molecular weight is 477 g/mol. The van der Waals surface area contributed by atoms with Crippen LogP contribution < -0.4 is 19.5 Å². The van der Waals surface area contributed by atoms with E-state index in [0.29, 0.717) is 43.2 Å². The van der Waals surface area contributed by atoms with Crippen molar-refractivity contribution >= 4 is 15.9 Å². The van der Waals surface area contributed by atoms with Crippen molar-refractivity contribution in [3.8, 4) is 17.2 Å². The van der Waals surface area contributed by atoms with Gasteiger partial charge in [-0.25, -0.2) is 8.42 Å². The smallest absolute Gasteiger partial charge is 0.243 e. The highest BCUT2D eigenvalue weighted by Crippen LogP contribution is 2.31. The summed E-state index contributed by atoms with van der Waals surface area (Å²) in [6.45, 7) is 4.32. The zero-order valence-electron chi connectivity index (χ0n) is 19.8. The predicted octanol–water partition coefficient (Wildman–Crippen LogP) is 3.30. The van der Waals surface area contributed by atoms with Crippen LogP contribution >= 0.6 is 0 Å². The lowest BCUT2D eigenvalue weighted by atomic mass is 9.96. The van der Waals surface area contributed by atoms with Crippen LogP contribution in [-0.2, 0) is 14.8 Å². The molecule has 180 valence electrons. The topological polar surface area (TPSA) is 94.2 Å². The fourth-order valence-electron chi connectivity index (χ4n) is 4.06. The Morgan fingerprint density at radius 1 is 0.970 bits per heavy atom. The number of amides is 1. The predicted molar refractivity (Wildman–Crippen MR) is 125 cm³/mol. The van der Waals surface area contributed by atoms with E-state index in [1.807, 2.05) is 26.0 Å². The third kappa shape index (κ3) is 5.42. The number of carbonyl (C=O) groups excluding carboxylic acids is 1. The number of sulfonamides is 1. The molecule has 1 aliphatic rings. The first-order valence-corrected chi connectivity index (χ1v) is 12.3. The molecule has 0 saturated carbocycles. The van der Waals surface area contributed by atoms with Gasteiger partial charge in [0.1, 0.15) is 5.75 Å². The second kappa shape index (κ2) is 10.4. The lowest BCUT2D eigenvalue weighted by Gasteiger charge is -2.31. The van der Waals surface area contributed by atoms with Crippen LogP contribution in [0.15, 0.2) is 41.3 Å². The molecule has 9 heteroatoms. The number of piperidine rings is 1. The van der Waals surface area contributed by atoms with E-state index >= 15 is 0 Å².